The molecule has 0 atom stereocenters. The van der Waals surface area contributed by atoms with Crippen molar-refractivity contribution in [3.8, 4) is 11.5 Å². The van der Waals surface area contributed by atoms with Gasteiger partial charge in [-0.2, -0.15) is 0 Å². The number of rotatable bonds is 10. The maximum absolute atomic E-state index is 12.9. The summed E-state index contributed by atoms with van der Waals surface area (Å²) in [5.74, 6) is 1.71. The van der Waals surface area contributed by atoms with Crippen LogP contribution in [0.1, 0.15) is 70.8 Å². The Morgan fingerprint density at radius 2 is 1.71 bits per heavy atom. The first-order chi connectivity index (χ1) is 15.0. The van der Waals surface area contributed by atoms with E-state index >= 15 is 0 Å². The SMILES string of the molecule is [C-]#[N+]C1(c2ccc(OC)c(OC3CCCC3)c2)CCC(CP(=O)(OCC)OCC)CC1. The van der Waals surface area contributed by atoms with Gasteiger partial charge in [-0.3, -0.25) is 4.57 Å². The van der Waals surface area contributed by atoms with Gasteiger partial charge >= 0.3 is 7.60 Å². The molecular weight excluding hydrogens is 413 g/mol. The van der Waals surface area contributed by atoms with Crippen molar-refractivity contribution in [3.63, 3.8) is 0 Å². The molecule has 6 nitrogen and oxygen atoms in total. The lowest BCUT2D eigenvalue weighted by molar-refractivity contribution is 0.199. The van der Waals surface area contributed by atoms with E-state index in [9.17, 15) is 4.57 Å². The van der Waals surface area contributed by atoms with E-state index in [1.807, 2.05) is 32.0 Å². The Morgan fingerprint density at radius 1 is 1.06 bits per heavy atom. The first-order valence-corrected chi connectivity index (χ1v) is 13.3. The van der Waals surface area contributed by atoms with Gasteiger partial charge in [-0.05, 0) is 76.5 Å². The van der Waals surface area contributed by atoms with Gasteiger partial charge in [0, 0.05) is 18.4 Å². The molecule has 2 aliphatic rings. The van der Waals surface area contributed by atoms with Gasteiger partial charge in [0.05, 0.1) is 32.6 Å². The van der Waals surface area contributed by atoms with Crippen LogP contribution in [0.3, 0.4) is 0 Å². The van der Waals surface area contributed by atoms with Crippen LogP contribution < -0.4 is 9.47 Å². The Kier molecular flexibility index (Phi) is 8.44. The van der Waals surface area contributed by atoms with Gasteiger partial charge in [0.2, 0.25) is 0 Å². The van der Waals surface area contributed by atoms with E-state index in [0.717, 1.165) is 55.6 Å². The molecule has 2 aliphatic carbocycles. The molecule has 0 heterocycles. The largest absolute Gasteiger partial charge is 0.493 e. The third-order valence-corrected chi connectivity index (χ3v) is 8.84. The van der Waals surface area contributed by atoms with Crippen molar-refractivity contribution >= 4 is 7.60 Å². The summed E-state index contributed by atoms with van der Waals surface area (Å²) in [6, 6.07) is 5.95. The maximum atomic E-state index is 12.9. The standard InChI is InChI=1S/C24H36NO5P/c1-5-28-31(26,29-6-2)18-19-13-15-24(25-3,16-14-19)20-11-12-22(27-4)23(17-20)30-21-9-7-8-10-21/h11-12,17,19,21H,5-10,13-16,18H2,1-2,4H3. The van der Waals surface area contributed by atoms with E-state index in [1.54, 1.807) is 7.11 Å². The van der Waals surface area contributed by atoms with Crippen LogP contribution in [-0.4, -0.2) is 32.6 Å². The Labute approximate surface area is 187 Å². The van der Waals surface area contributed by atoms with Crippen LogP contribution in [0.15, 0.2) is 18.2 Å². The summed E-state index contributed by atoms with van der Waals surface area (Å²) in [6.45, 7) is 12.4. The van der Waals surface area contributed by atoms with Crippen molar-refractivity contribution in [3.05, 3.63) is 35.2 Å². The topological polar surface area (TPSA) is 58.4 Å². The van der Waals surface area contributed by atoms with Crippen molar-refractivity contribution in [2.24, 2.45) is 5.92 Å². The van der Waals surface area contributed by atoms with Crippen LogP contribution in [0.4, 0.5) is 0 Å². The molecule has 0 aromatic heterocycles. The molecule has 2 fully saturated rings. The number of hydrogen-bond donors (Lipinski definition) is 0. The van der Waals surface area contributed by atoms with Gasteiger partial charge in [0.25, 0.3) is 5.54 Å². The van der Waals surface area contributed by atoms with Crippen molar-refractivity contribution in [1.29, 1.82) is 0 Å². The van der Waals surface area contributed by atoms with Gasteiger partial charge in [-0.15, -0.1) is 0 Å². The normalized spacial score (nSPS) is 24.6. The minimum Gasteiger partial charge on any atom is -0.493 e. The van der Waals surface area contributed by atoms with Gasteiger partial charge in [0.15, 0.2) is 11.5 Å². The van der Waals surface area contributed by atoms with Gasteiger partial charge in [-0.1, -0.05) is 0 Å². The Hall–Kier alpha value is -1.54. The molecule has 0 N–H and O–H groups in total. The van der Waals surface area contributed by atoms with Crippen molar-refractivity contribution < 1.29 is 23.1 Å². The second kappa shape index (κ2) is 10.9. The van der Waals surface area contributed by atoms with E-state index < -0.39 is 13.1 Å². The zero-order valence-corrected chi connectivity index (χ0v) is 20.0. The van der Waals surface area contributed by atoms with E-state index in [2.05, 4.69) is 4.85 Å². The van der Waals surface area contributed by atoms with Gasteiger partial charge in [-0.25, -0.2) is 6.57 Å². The molecule has 0 saturated heterocycles. The summed E-state index contributed by atoms with van der Waals surface area (Å²) in [5.41, 5.74) is 0.421. The predicted octanol–water partition coefficient (Wildman–Crippen LogP) is 6.59. The zero-order chi connectivity index (χ0) is 22.3. The summed E-state index contributed by atoms with van der Waals surface area (Å²) in [6.07, 6.45) is 8.33. The molecule has 3 rings (SSSR count). The zero-order valence-electron chi connectivity index (χ0n) is 19.1. The Balaban J connectivity index is 1.73. The summed E-state index contributed by atoms with van der Waals surface area (Å²) in [7, 11) is -1.41. The average molecular weight is 450 g/mol. The highest BCUT2D eigenvalue weighted by molar-refractivity contribution is 7.53. The van der Waals surface area contributed by atoms with Crippen LogP contribution in [-0.2, 0) is 19.2 Å². The molecule has 0 spiro atoms. The van der Waals surface area contributed by atoms with Crippen molar-refractivity contribution in [2.75, 3.05) is 26.5 Å². The average Bonchev–Trinajstić information content (AvgIpc) is 3.28. The number of benzene rings is 1. The van der Waals surface area contributed by atoms with Crippen LogP contribution in [0.25, 0.3) is 4.85 Å². The maximum Gasteiger partial charge on any atom is 0.330 e. The molecule has 7 heteroatoms. The van der Waals surface area contributed by atoms with Crippen LogP contribution in [0.2, 0.25) is 0 Å². The first kappa shape index (κ1) is 24.1. The van der Waals surface area contributed by atoms with Gasteiger partial charge < -0.3 is 23.4 Å². The molecule has 31 heavy (non-hydrogen) atoms. The van der Waals surface area contributed by atoms with Crippen LogP contribution >= 0.6 is 7.60 Å². The number of methoxy groups -OCH3 is 1. The molecule has 0 aliphatic heterocycles. The molecular formula is C24H36NO5P. The Bertz CT molecular complexity index is 797. The third-order valence-electron chi connectivity index (χ3n) is 6.58. The minimum absolute atomic E-state index is 0.232. The molecule has 1 aromatic rings. The van der Waals surface area contributed by atoms with E-state index in [4.69, 9.17) is 25.1 Å². The molecule has 0 unspecified atom stereocenters. The lowest BCUT2D eigenvalue weighted by atomic mass is 9.73. The highest BCUT2D eigenvalue weighted by atomic mass is 31.2. The van der Waals surface area contributed by atoms with Crippen molar-refractivity contribution in [1.82, 2.24) is 0 Å². The molecule has 0 radical (unpaired) electrons. The number of hydrogen-bond acceptors (Lipinski definition) is 5. The van der Waals surface area contributed by atoms with E-state index in [1.165, 1.54) is 12.8 Å². The summed E-state index contributed by atoms with van der Waals surface area (Å²) in [5, 5.41) is 0. The third kappa shape index (κ3) is 5.83. The predicted molar refractivity (Wildman–Crippen MR) is 122 cm³/mol. The smallest absolute Gasteiger partial charge is 0.330 e. The highest BCUT2D eigenvalue weighted by Gasteiger charge is 2.45. The minimum atomic E-state index is -3.06. The number of nitrogens with zero attached hydrogens (tertiary/aromatic N) is 1. The lowest BCUT2D eigenvalue weighted by Crippen LogP contribution is -2.30. The van der Waals surface area contributed by atoms with E-state index in [-0.39, 0.29) is 12.0 Å². The Morgan fingerprint density at radius 3 is 2.26 bits per heavy atom. The second-order valence-corrected chi connectivity index (χ2v) is 10.7. The lowest BCUT2D eigenvalue weighted by Gasteiger charge is -2.33. The van der Waals surface area contributed by atoms with Crippen LogP contribution in [0, 0.1) is 12.5 Å². The van der Waals surface area contributed by atoms with Crippen LogP contribution in [0.5, 0.6) is 11.5 Å². The molecule has 1 aromatic carbocycles. The quantitative estimate of drug-likeness (QED) is 0.298. The summed E-state index contributed by atoms with van der Waals surface area (Å²) in [4.78, 5) is 4.10. The molecule has 172 valence electrons. The molecule has 0 bridgehead atoms. The fraction of sp³-hybridized carbons (Fsp3) is 0.708. The highest BCUT2D eigenvalue weighted by Crippen LogP contribution is 2.54. The first-order valence-electron chi connectivity index (χ1n) is 11.6. The summed E-state index contributed by atoms with van der Waals surface area (Å²) >= 11 is 0. The van der Waals surface area contributed by atoms with E-state index in [0.29, 0.717) is 19.4 Å². The fourth-order valence-electron chi connectivity index (χ4n) is 4.90. The van der Waals surface area contributed by atoms with Crippen molar-refractivity contribution in [2.45, 2.75) is 76.9 Å². The van der Waals surface area contributed by atoms with Gasteiger partial charge in [0.1, 0.15) is 0 Å². The monoisotopic (exact) mass is 449 g/mol. The second-order valence-electron chi connectivity index (χ2n) is 8.61. The fourth-order valence-corrected chi connectivity index (χ4v) is 6.97. The molecule has 2 saturated carbocycles. The summed E-state index contributed by atoms with van der Waals surface area (Å²) < 4.78 is 35.7. The molecule has 0 amide bonds. The number of ether oxygens (including phenoxy) is 2.